The van der Waals surface area contributed by atoms with Crippen LogP contribution >= 0.6 is 12.4 Å². The molecule has 1 saturated carbocycles. The van der Waals surface area contributed by atoms with E-state index in [2.05, 4.69) is 38.1 Å². The number of hydrogen-bond acceptors (Lipinski definition) is 1. The largest absolute Gasteiger partial charge is 0.327 e. The van der Waals surface area contributed by atoms with E-state index in [0.29, 0.717) is 17.4 Å². The minimum atomic E-state index is 0. The van der Waals surface area contributed by atoms with Gasteiger partial charge in [-0.15, -0.1) is 12.4 Å². The molecule has 0 saturated heterocycles. The van der Waals surface area contributed by atoms with Gasteiger partial charge in [0.2, 0.25) is 0 Å². The van der Waals surface area contributed by atoms with Gasteiger partial charge >= 0.3 is 0 Å². The van der Waals surface area contributed by atoms with Crippen LogP contribution in [0.25, 0.3) is 0 Å². The van der Waals surface area contributed by atoms with Crippen LogP contribution < -0.4 is 5.73 Å². The maximum absolute atomic E-state index is 5.98. The highest BCUT2D eigenvalue weighted by molar-refractivity contribution is 5.85. The fraction of sp³-hybridized carbons (Fsp3) is 0.455. The maximum atomic E-state index is 5.98. The van der Waals surface area contributed by atoms with Crippen LogP contribution in [0.3, 0.4) is 0 Å². The summed E-state index contributed by atoms with van der Waals surface area (Å²) in [5.74, 6) is 0.568. The number of halogens is 1. The SMILES string of the molecule is CC1(C)C(N)C1c1ccccc1.Cl. The molecular formula is C11H16ClN. The number of benzene rings is 1. The van der Waals surface area contributed by atoms with Gasteiger partial charge in [0.15, 0.2) is 0 Å². The van der Waals surface area contributed by atoms with Gasteiger partial charge in [0.25, 0.3) is 0 Å². The van der Waals surface area contributed by atoms with Gasteiger partial charge in [0.1, 0.15) is 0 Å². The first-order valence-corrected chi connectivity index (χ1v) is 4.44. The molecule has 13 heavy (non-hydrogen) atoms. The smallest absolute Gasteiger partial charge is 0.0172 e. The van der Waals surface area contributed by atoms with E-state index in [1.807, 2.05) is 6.07 Å². The van der Waals surface area contributed by atoms with Gasteiger partial charge in [-0.05, 0) is 11.0 Å². The van der Waals surface area contributed by atoms with Gasteiger partial charge in [-0.2, -0.15) is 0 Å². The third-order valence-electron chi connectivity index (χ3n) is 3.07. The van der Waals surface area contributed by atoms with Crippen LogP contribution in [-0.2, 0) is 0 Å². The molecule has 0 heterocycles. The van der Waals surface area contributed by atoms with Gasteiger partial charge in [0, 0.05) is 12.0 Å². The molecule has 0 spiro atoms. The Labute approximate surface area is 85.7 Å². The lowest BCUT2D eigenvalue weighted by atomic mass is 10.0. The van der Waals surface area contributed by atoms with Crippen molar-refractivity contribution >= 4 is 12.4 Å². The van der Waals surface area contributed by atoms with Crippen molar-refractivity contribution < 1.29 is 0 Å². The normalized spacial score (nSPS) is 29.2. The monoisotopic (exact) mass is 197 g/mol. The highest BCUT2D eigenvalue weighted by atomic mass is 35.5. The molecule has 2 N–H and O–H groups in total. The molecule has 0 amide bonds. The second kappa shape index (κ2) is 3.32. The Morgan fingerprint density at radius 3 is 2.00 bits per heavy atom. The van der Waals surface area contributed by atoms with Crippen molar-refractivity contribution in [2.75, 3.05) is 0 Å². The molecule has 1 aliphatic rings. The quantitative estimate of drug-likeness (QED) is 0.736. The molecule has 2 atom stereocenters. The molecule has 0 aliphatic heterocycles. The van der Waals surface area contributed by atoms with Crippen molar-refractivity contribution in [2.24, 2.45) is 11.1 Å². The van der Waals surface area contributed by atoms with E-state index in [0.717, 1.165) is 0 Å². The summed E-state index contributed by atoms with van der Waals surface area (Å²) in [6.07, 6.45) is 0. The lowest BCUT2D eigenvalue weighted by molar-refractivity contribution is 0.599. The number of rotatable bonds is 1. The zero-order chi connectivity index (χ0) is 8.77. The van der Waals surface area contributed by atoms with E-state index in [9.17, 15) is 0 Å². The third kappa shape index (κ3) is 1.59. The van der Waals surface area contributed by atoms with Gasteiger partial charge in [-0.25, -0.2) is 0 Å². The molecule has 2 rings (SSSR count). The minimum absolute atomic E-state index is 0. The van der Waals surface area contributed by atoms with Crippen molar-refractivity contribution in [2.45, 2.75) is 25.8 Å². The van der Waals surface area contributed by atoms with Crippen molar-refractivity contribution in [1.82, 2.24) is 0 Å². The summed E-state index contributed by atoms with van der Waals surface area (Å²) in [7, 11) is 0. The Hall–Kier alpha value is -0.530. The second-order valence-corrected chi connectivity index (χ2v) is 4.24. The zero-order valence-electron chi connectivity index (χ0n) is 8.03. The van der Waals surface area contributed by atoms with E-state index in [1.54, 1.807) is 0 Å². The molecule has 2 unspecified atom stereocenters. The van der Waals surface area contributed by atoms with E-state index < -0.39 is 0 Å². The standard InChI is InChI=1S/C11H15N.ClH/c1-11(2)9(10(11)12)8-6-4-3-5-7-8;/h3-7,9-10H,12H2,1-2H3;1H. The van der Waals surface area contributed by atoms with Gasteiger partial charge in [-0.1, -0.05) is 44.2 Å². The zero-order valence-corrected chi connectivity index (χ0v) is 8.84. The highest BCUT2D eigenvalue weighted by Crippen LogP contribution is 2.57. The molecule has 1 nitrogen and oxygen atoms in total. The van der Waals surface area contributed by atoms with Gasteiger partial charge in [-0.3, -0.25) is 0 Å². The Morgan fingerprint density at radius 1 is 1.15 bits per heavy atom. The first-order valence-electron chi connectivity index (χ1n) is 4.44. The van der Waals surface area contributed by atoms with Crippen LogP contribution in [0.1, 0.15) is 25.3 Å². The van der Waals surface area contributed by atoms with Crippen LogP contribution in [0.15, 0.2) is 30.3 Å². The number of nitrogens with two attached hydrogens (primary N) is 1. The second-order valence-electron chi connectivity index (χ2n) is 4.24. The average molecular weight is 198 g/mol. The van der Waals surface area contributed by atoms with E-state index >= 15 is 0 Å². The summed E-state index contributed by atoms with van der Waals surface area (Å²) in [5, 5.41) is 0. The Morgan fingerprint density at radius 2 is 1.62 bits per heavy atom. The van der Waals surface area contributed by atoms with Gasteiger partial charge < -0.3 is 5.73 Å². The molecule has 1 fully saturated rings. The maximum Gasteiger partial charge on any atom is 0.0172 e. The van der Waals surface area contributed by atoms with E-state index in [-0.39, 0.29) is 12.4 Å². The molecule has 1 aliphatic carbocycles. The predicted molar refractivity (Wildman–Crippen MR) is 58.2 cm³/mol. The lowest BCUT2D eigenvalue weighted by Crippen LogP contribution is -2.06. The first kappa shape index (κ1) is 10.6. The summed E-state index contributed by atoms with van der Waals surface area (Å²) in [5.41, 5.74) is 7.67. The summed E-state index contributed by atoms with van der Waals surface area (Å²) in [6.45, 7) is 4.46. The number of hydrogen-bond donors (Lipinski definition) is 1. The van der Waals surface area contributed by atoms with Gasteiger partial charge in [0.05, 0.1) is 0 Å². The molecule has 1 aromatic rings. The van der Waals surface area contributed by atoms with Crippen LogP contribution in [0.2, 0.25) is 0 Å². The predicted octanol–water partition coefficient (Wildman–Crippen LogP) is 2.56. The summed E-state index contributed by atoms with van der Waals surface area (Å²) < 4.78 is 0. The van der Waals surface area contributed by atoms with Crippen molar-refractivity contribution in [3.63, 3.8) is 0 Å². The lowest BCUT2D eigenvalue weighted by Gasteiger charge is -2.01. The van der Waals surface area contributed by atoms with Crippen LogP contribution in [0, 0.1) is 5.41 Å². The fourth-order valence-corrected chi connectivity index (χ4v) is 1.97. The van der Waals surface area contributed by atoms with Crippen molar-refractivity contribution in [3.05, 3.63) is 35.9 Å². The molecule has 0 aromatic heterocycles. The molecule has 1 aromatic carbocycles. The summed E-state index contributed by atoms with van der Waals surface area (Å²) in [4.78, 5) is 0. The van der Waals surface area contributed by atoms with Crippen molar-refractivity contribution in [1.29, 1.82) is 0 Å². The van der Waals surface area contributed by atoms with E-state index in [1.165, 1.54) is 5.56 Å². The van der Waals surface area contributed by atoms with Crippen molar-refractivity contribution in [3.8, 4) is 0 Å². The van der Waals surface area contributed by atoms with Crippen LogP contribution in [0.5, 0.6) is 0 Å². The van der Waals surface area contributed by atoms with Crippen LogP contribution in [-0.4, -0.2) is 6.04 Å². The minimum Gasteiger partial charge on any atom is -0.327 e. The Balaban J connectivity index is 0.000000845. The average Bonchev–Trinajstić information content (AvgIpc) is 2.53. The third-order valence-corrected chi connectivity index (χ3v) is 3.07. The molecule has 2 heteroatoms. The summed E-state index contributed by atoms with van der Waals surface area (Å²) >= 11 is 0. The molecule has 0 bridgehead atoms. The Kier molecular flexibility index (Phi) is 2.69. The Bertz CT molecular complexity index is 281. The summed E-state index contributed by atoms with van der Waals surface area (Å²) in [6, 6.07) is 10.9. The highest BCUT2D eigenvalue weighted by Gasteiger charge is 2.55. The fourth-order valence-electron chi connectivity index (χ4n) is 1.97. The molecule has 0 radical (unpaired) electrons. The first-order chi connectivity index (χ1) is 5.64. The molecule has 72 valence electrons. The molecular weight excluding hydrogens is 182 g/mol. The topological polar surface area (TPSA) is 26.0 Å². The van der Waals surface area contributed by atoms with Crippen LogP contribution in [0.4, 0.5) is 0 Å². The van der Waals surface area contributed by atoms with E-state index in [4.69, 9.17) is 5.73 Å².